The standard InChI is InChI=1S/C20H21NO4.C10H12O.C3H8.H2/c1-14-11-12-16(21-18(22)9-6-10-19(23)25-2)13-17(14)20(24)15-7-4-3-5-8-15;1-8-3-5-10(6-4-8)7-9(2)11;1-3-2;/h3-5,7-8,11-13H,6,9-10H2,1-2H3,(H,21,22);3-6H,7H2,1-2H3;3H2,1-2H3;1H. The van der Waals surface area contributed by atoms with Crippen LogP contribution in [-0.4, -0.2) is 30.6 Å². The SMILES string of the molecule is CC(=O)Cc1ccc(C)cc1.CCC.COC(=O)CCCC(=O)Nc1ccc(C)c(C(=O)c2ccccc2)c1.[HH]. The second-order valence-corrected chi connectivity index (χ2v) is 9.27. The van der Waals surface area contributed by atoms with Crippen LogP contribution in [0.4, 0.5) is 5.69 Å². The molecule has 3 aromatic carbocycles. The zero-order valence-corrected chi connectivity index (χ0v) is 24.0. The molecule has 0 heterocycles. The topological polar surface area (TPSA) is 89.5 Å². The molecule has 3 aromatic rings. The van der Waals surface area contributed by atoms with Gasteiger partial charge in [-0.3, -0.25) is 19.2 Å². The van der Waals surface area contributed by atoms with Crippen molar-refractivity contribution in [2.24, 2.45) is 0 Å². The number of ether oxygens (including phenoxy) is 1. The number of hydrogen-bond acceptors (Lipinski definition) is 5. The predicted molar refractivity (Wildman–Crippen MR) is 159 cm³/mol. The minimum Gasteiger partial charge on any atom is -0.469 e. The number of methoxy groups -OCH3 is 1. The maximum atomic E-state index is 12.6. The first-order valence-corrected chi connectivity index (χ1v) is 13.2. The van der Waals surface area contributed by atoms with E-state index in [1.54, 1.807) is 37.3 Å². The van der Waals surface area contributed by atoms with E-state index in [0.29, 0.717) is 29.7 Å². The van der Waals surface area contributed by atoms with Crippen molar-refractivity contribution in [3.63, 3.8) is 0 Å². The summed E-state index contributed by atoms with van der Waals surface area (Å²) < 4.78 is 4.54. The molecule has 0 atom stereocenters. The van der Waals surface area contributed by atoms with Crippen molar-refractivity contribution in [2.45, 2.75) is 66.7 Å². The maximum Gasteiger partial charge on any atom is 0.305 e. The lowest BCUT2D eigenvalue weighted by Crippen LogP contribution is -2.13. The number of carbonyl (C=O) groups is 4. The van der Waals surface area contributed by atoms with E-state index in [4.69, 9.17) is 0 Å². The number of benzene rings is 3. The van der Waals surface area contributed by atoms with Crippen molar-refractivity contribution in [3.8, 4) is 0 Å². The Hall–Kier alpha value is -4.06. The van der Waals surface area contributed by atoms with E-state index in [0.717, 1.165) is 11.1 Å². The first-order valence-electron chi connectivity index (χ1n) is 13.2. The minimum absolute atomic E-state index is 0. The summed E-state index contributed by atoms with van der Waals surface area (Å²) in [5.74, 6) is -0.404. The van der Waals surface area contributed by atoms with Gasteiger partial charge in [-0.15, -0.1) is 0 Å². The number of nitrogens with one attached hydrogen (secondary N) is 1. The van der Waals surface area contributed by atoms with Crippen molar-refractivity contribution in [1.29, 1.82) is 0 Å². The number of amides is 1. The Labute approximate surface area is 234 Å². The van der Waals surface area contributed by atoms with Crippen LogP contribution >= 0.6 is 0 Å². The Kier molecular flexibility index (Phi) is 15.4. The van der Waals surface area contributed by atoms with Crippen molar-refractivity contribution in [3.05, 3.63) is 101 Å². The summed E-state index contributed by atoms with van der Waals surface area (Å²) in [6, 6.07) is 22.3. The molecule has 0 unspecified atom stereocenters. The van der Waals surface area contributed by atoms with Crippen LogP contribution in [0.25, 0.3) is 0 Å². The number of Topliss-reactive ketones (excluding diaryl/α,β-unsaturated/α-hetero) is 1. The fourth-order valence-corrected chi connectivity index (χ4v) is 3.40. The molecular formula is C33H43NO5. The molecule has 0 aliphatic heterocycles. The van der Waals surface area contributed by atoms with Crippen molar-refractivity contribution < 1.29 is 25.3 Å². The predicted octanol–water partition coefficient (Wildman–Crippen LogP) is 7.30. The first-order chi connectivity index (χ1) is 18.6. The first kappa shape index (κ1) is 33.0. The van der Waals surface area contributed by atoms with Crippen molar-refractivity contribution in [1.82, 2.24) is 0 Å². The van der Waals surface area contributed by atoms with Gasteiger partial charge in [0.05, 0.1) is 7.11 Å². The lowest BCUT2D eigenvalue weighted by atomic mass is 9.98. The summed E-state index contributed by atoms with van der Waals surface area (Å²) >= 11 is 0. The van der Waals surface area contributed by atoms with Crippen LogP contribution in [0, 0.1) is 13.8 Å². The van der Waals surface area contributed by atoms with Gasteiger partial charge in [0, 0.05) is 37.5 Å². The number of ketones is 2. The Morgan fingerprint density at radius 3 is 2.03 bits per heavy atom. The molecule has 6 heteroatoms. The van der Waals surface area contributed by atoms with Crippen LogP contribution in [0.15, 0.2) is 72.8 Å². The molecule has 1 N–H and O–H groups in total. The van der Waals surface area contributed by atoms with E-state index in [1.165, 1.54) is 19.1 Å². The molecule has 0 bridgehead atoms. The van der Waals surface area contributed by atoms with Gasteiger partial charge in [0.1, 0.15) is 5.78 Å². The molecule has 1 amide bonds. The van der Waals surface area contributed by atoms with Gasteiger partial charge in [-0.1, -0.05) is 86.5 Å². The summed E-state index contributed by atoms with van der Waals surface area (Å²) in [5.41, 5.74) is 4.90. The molecule has 0 radical (unpaired) electrons. The van der Waals surface area contributed by atoms with Gasteiger partial charge < -0.3 is 10.1 Å². The highest BCUT2D eigenvalue weighted by molar-refractivity contribution is 6.10. The Bertz CT molecular complexity index is 1210. The van der Waals surface area contributed by atoms with E-state index in [9.17, 15) is 19.2 Å². The normalized spacial score (nSPS) is 9.69. The molecule has 6 nitrogen and oxygen atoms in total. The zero-order chi connectivity index (χ0) is 29.2. The highest BCUT2D eigenvalue weighted by Gasteiger charge is 2.13. The Morgan fingerprint density at radius 2 is 1.46 bits per heavy atom. The molecule has 0 saturated carbocycles. The number of rotatable bonds is 9. The average molecular weight is 534 g/mol. The van der Waals surface area contributed by atoms with Gasteiger partial charge in [0.2, 0.25) is 5.91 Å². The molecular weight excluding hydrogens is 490 g/mol. The monoisotopic (exact) mass is 533 g/mol. The van der Waals surface area contributed by atoms with Crippen LogP contribution in [0.3, 0.4) is 0 Å². The van der Waals surface area contributed by atoms with Crippen LogP contribution in [0.5, 0.6) is 0 Å². The number of carbonyl (C=O) groups excluding carboxylic acids is 4. The quantitative estimate of drug-likeness (QED) is 0.230. The Balaban J connectivity index is 0.000000845. The third-order valence-corrected chi connectivity index (χ3v) is 5.39. The van der Waals surface area contributed by atoms with Crippen molar-refractivity contribution >= 4 is 29.1 Å². The molecule has 3 rings (SSSR count). The number of aryl methyl sites for hydroxylation is 2. The van der Waals surface area contributed by atoms with E-state index >= 15 is 0 Å². The summed E-state index contributed by atoms with van der Waals surface area (Å²) in [7, 11) is 1.32. The van der Waals surface area contributed by atoms with Gasteiger partial charge in [-0.25, -0.2) is 0 Å². The van der Waals surface area contributed by atoms with Gasteiger partial charge in [-0.2, -0.15) is 0 Å². The van der Waals surface area contributed by atoms with Crippen LogP contribution in [0.2, 0.25) is 0 Å². The molecule has 39 heavy (non-hydrogen) atoms. The minimum atomic E-state index is -0.334. The summed E-state index contributed by atoms with van der Waals surface area (Å²) in [4.78, 5) is 46.3. The number of hydrogen-bond donors (Lipinski definition) is 1. The maximum absolute atomic E-state index is 12.6. The number of esters is 1. The van der Waals surface area contributed by atoms with Gasteiger partial charge >= 0.3 is 5.97 Å². The van der Waals surface area contributed by atoms with Crippen molar-refractivity contribution in [2.75, 3.05) is 12.4 Å². The lowest BCUT2D eigenvalue weighted by Gasteiger charge is -2.10. The summed E-state index contributed by atoms with van der Waals surface area (Å²) in [6.45, 7) is 9.76. The highest BCUT2D eigenvalue weighted by Crippen LogP contribution is 2.19. The molecule has 0 spiro atoms. The largest absolute Gasteiger partial charge is 0.469 e. The second kappa shape index (κ2) is 18.2. The molecule has 0 fully saturated rings. The Morgan fingerprint density at radius 1 is 0.846 bits per heavy atom. The highest BCUT2D eigenvalue weighted by atomic mass is 16.5. The summed E-state index contributed by atoms with van der Waals surface area (Å²) in [5, 5.41) is 2.76. The van der Waals surface area contributed by atoms with Gasteiger partial charge in [0.15, 0.2) is 5.78 Å². The fraction of sp³-hybridized carbons (Fsp3) is 0.333. The smallest absolute Gasteiger partial charge is 0.305 e. The fourth-order valence-electron chi connectivity index (χ4n) is 3.40. The van der Waals surface area contributed by atoms with E-state index in [2.05, 4.69) is 23.9 Å². The van der Waals surface area contributed by atoms with Crippen LogP contribution in [0.1, 0.15) is 80.5 Å². The molecule has 0 saturated heterocycles. The molecule has 210 valence electrons. The van der Waals surface area contributed by atoms with Gasteiger partial charge in [0.25, 0.3) is 0 Å². The number of anilines is 1. The van der Waals surface area contributed by atoms with Crippen LogP contribution < -0.4 is 5.32 Å². The molecule has 0 aliphatic rings. The lowest BCUT2D eigenvalue weighted by molar-refractivity contribution is -0.140. The second-order valence-electron chi connectivity index (χ2n) is 9.27. The zero-order valence-electron chi connectivity index (χ0n) is 24.0. The van der Waals surface area contributed by atoms with Gasteiger partial charge in [-0.05, 0) is 50.5 Å². The third kappa shape index (κ3) is 13.3. The van der Waals surface area contributed by atoms with E-state index < -0.39 is 0 Å². The third-order valence-electron chi connectivity index (χ3n) is 5.39. The molecule has 0 aliphatic carbocycles. The summed E-state index contributed by atoms with van der Waals surface area (Å²) in [6.07, 6.45) is 2.64. The molecule has 0 aromatic heterocycles. The van der Waals surface area contributed by atoms with E-state index in [1.807, 2.05) is 56.3 Å². The van der Waals surface area contributed by atoms with Crippen LogP contribution in [-0.2, 0) is 25.5 Å². The average Bonchev–Trinajstić information content (AvgIpc) is 2.91. The van der Waals surface area contributed by atoms with E-state index in [-0.39, 0.29) is 37.7 Å².